The van der Waals surface area contributed by atoms with Gasteiger partial charge in [0.25, 0.3) is 0 Å². The van der Waals surface area contributed by atoms with Crippen LogP contribution in [0.1, 0.15) is 25.3 Å². The van der Waals surface area contributed by atoms with Crippen LogP contribution in [0.2, 0.25) is 0 Å². The lowest BCUT2D eigenvalue weighted by Gasteiger charge is -2.21. The van der Waals surface area contributed by atoms with Crippen LogP contribution in [-0.4, -0.2) is 12.5 Å². The molecule has 1 aromatic rings. The minimum atomic E-state index is 0.179. The quantitative estimate of drug-likeness (QED) is 0.820. The Morgan fingerprint density at radius 1 is 1.47 bits per heavy atom. The van der Waals surface area contributed by atoms with Gasteiger partial charge in [-0.15, -0.1) is 0 Å². The van der Waals surface area contributed by atoms with Crippen LogP contribution in [0.25, 0.3) is 0 Å². The van der Waals surface area contributed by atoms with Gasteiger partial charge in [-0.25, -0.2) is 0 Å². The molecule has 1 aliphatic heterocycles. The molecule has 2 N–H and O–H groups in total. The van der Waals surface area contributed by atoms with E-state index >= 15 is 0 Å². The molecule has 0 radical (unpaired) electrons. The van der Waals surface area contributed by atoms with Crippen molar-refractivity contribution in [2.75, 3.05) is 17.2 Å². The van der Waals surface area contributed by atoms with Crippen LogP contribution in [0.3, 0.4) is 0 Å². The Balaban J connectivity index is 1.80. The molecule has 3 heteroatoms. The molecule has 0 spiro atoms. The fourth-order valence-electron chi connectivity index (χ4n) is 2.53. The third kappa shape index (κ3) is 2.02. The first-order valence-corrected chi connectivity index (χ1v) is 6.42. The number of anilines is 2. The summed E-state index contributed by atoms with van der Waals surface area (Å²) < 4.78 is 0. The molecular weight excluding hydrogens is 212 g/mol. The standard InChI is InChI=1S/C14H18N2O/c1-9-8-11(9)14(17)16-12-6-2-4-10-5-3-7-15-13(10)12/h2,4,6,9,11,15H,3,5,7-8H2,1H3,(H,16,17). The number of rotatable bonds is 2. The van der Waals surface area contributed by atoms with Gasteiger partial charge in [-0.3, -0.25) is 4.79 Å². The molecule has 1 amide bonds. The number of benzene rings is 1. The molecule has 1 aliphatic carbocycles. The highest BCUT2D eigenvalue weighted by molar-refractivity contribution is 5.97. The van der Waals surface area contributed by atoms with E-state index in [1.807, 2.05) is 12.1 Å². The highest BCUT2D eigenvalue weighted by Gasteiger charge is 2.39. The van der Waals surface area contributed by atoms with Crippen molar-refractivity contribution in [1.82, 2.24) is 0 Å². The van der Waals surface area contributed by atoms with Crippen LogP contribution in [-0.2, 0) is 11.2 Å². The summed E-state index contributed by atoms with van der Waals surface area (Å²) in [6.45, 7) is 3.13. The lowest BCUT2D eigenvalue weighted by molar-refractivity contribution is -0.117. The number of hydrogen-bond acceptors (Lipinski definition) is 2. The van der Waals surface area contributed by atoms with Gasteiger partial charge in [0.1, 0.15) is 0 Å². The zero-order valence-corrected chi connectivity index (χ0v) is 10.1. The molecule has 1 aromatic carbocycles. The van der Waals surface area contributed by atoms with Gasteiger partial charge in [0.2, 0.25) is 5.91 Å². The largest absolute Gasteiger partial charge is 0.383 e. The second kappa shape index (κ2) is 4.06. The number of hydrogen-bond donors (Lipinski definition) is 2. The lowest BCUT2D eigenvalue weighted by Crippen LogP contribution is -2.19. The molecule has 17 heavy (non-hydrogen) atoms. The Morgan fingerprint density at radius 3 is 3.06 bits per heavy atom. The Bertz CT molecular complexity index is 456. The van der Waals surface area contributed by atoms with E-state index in [-0.39, 0.29) is 11.8 Å². The second-order valence-corrected chi connectivity index (χ2v) is 5.18. The van der Waals surface area contributed by atoms with Crippen molar-refractivity contribution in [2.24, 2.45) is 11.8 Å². The van der Waals surface area contributed by atoms with Crippen molar-refractivity contribution < 1.29 is 4.79 Å². The van der Waals surface area contributed by atoms with Crippen molar-refractivity contribution in [3.63, 3.8) is 0 Å². The van der Waals surface area contributed by atoms with E-state index < -0.39 is 0 Å². The number of carbonyl (C=O) groups excluding carboxylic acids is 1. The summed E-state index contributed by atoms with van der Waals surface area (Å²) in [6.07, 6.45) is 3.31. The Kier molecular flexibility index (Phi) is 2.54. The van der Waals surface area contributed by atoms with Crippen molar-refractivity contribution in [3.8, 4) is 0 Å². The molecular formula is C14H18N2O. The molecule has 0 aromatic heterocycles. The predicted molar refractivity (Wildman–Crippen MR) is 69.2 cm³/mol. The van der Waals surface area contributed by atoms with E-state index in [4.69, 9.17) is 0 Å². The topological polar surface area (TPSA) is 41.1 Å². The van der Waals surface area contributed by atoms with E-state index in [1.54, 1.807) is 0 Å². The van der Waals surface area contributed by atoms with Crippen LogP contribution in [0.5, 0.6) is 0 Å². The average Bonchev–Trinajstić information content (AvgIpc) is 3.07. The monoisotopic (exact) mass is 230 g/mol. The molecule has 90 valence electrons. The summed E-state index contributed by atoms with van der Waals surface area (Å²) in [7, 11) is 0. The number of aryl methyl sites for hydroxylation is 1. The average molecular weight is 230 g/mol. The van der Waals surface area contributed by atoms with E-state index in [1.165, 1.54) is 12.0 Å². The van der Waals surface area contributed by atoms with Gasteiger partial charge in [0, 0.05) is 12.5 Å². The highest BCUT2D eigenvalue weighted by atomic mass is 16.2. The van der Waals surface area contributed by atoms with Gasteiger partial charge in [0.15, 0.2) is 0 Å². The summed E-state index contributed by atoms with van der Waals surface area (Å²) >= 11 is 0. The van der Waals surface area contributed by atoms with E-state index in [9.17, 15) is 4.79 Å². The van der Waals surface area contributed by atoms with Gasteiger partial charge in [0.05, 0.1) is 11.4 Å². The zero-order valence-electron chi connectivity index (χ0n) is 10.1. The maximum atomic E-state index is 11.9. The Hall–Kier alpha value is -1.51. The minimum Gasteiger partial charge on any atom is -0.383 e. The number of carbonyl (C=O) groups is 1. The predicted octanol–water partition coefficient (Wildman–Crippen LogP) is 2.64. The van der Waals surface area contributed by atoms with Crippen molar-refractivity contribution in [1.29, 1.82) is 0 Å². The smallest absolute Gasteiger partial charge is 0.227 e. The van der Waals surface area contributed by atoms with Crippen LogP contribution in [0.15, 0.2) is 18.2 Å². The number of para-hydroxylation sites is 1. The summed E-state index contributed by atoms with van der Waals surface area (Å²) in [5.41, 5.74) is 3.39. The number of amides is 1. The third-order valence-electron chi connectivity index (χ3n) is 3.78. The summed E-state index contributed by atoms with van der Waals surface area (Å²) in [5, 5.41) is 6.45. The zero-order chi connectivity index (χ0) is 11.8. The second-order valence-electron chi connectivity index (χ2n) is 5.18. The van der Waals surface area contributed by atoms with Gasteiger partial charge < -0.3 is 10.6 Å². The molecule has 1 fully saturated rings. The van der Waals surface area contributed by atoms with Gasteiger partial charge >= 0.3 is 0 Å². The normalized spacial score (nSPS) is 25.7. The van der Waals surface area contributed by atoms with E-state index in [0.717, 1.165) is 30.8 Å². The fraction of sp³-hybridized carbons (Fsp3) is 0.500. The Morgan fingerprint density at radius 2 is 2.29 bits per heavy atom. The van der Waals surface area contributed by atoms with E-state index in [0.29, 0.717) is 5.92 Å². The maximum absolute atomic E-state index is 11.9. The third-order valence-corrected chi connectivity index (χ3v) is 3.78. The first-order valence-electron chi connectivity index (χ1n) is 6.42. The maximum Gasteiger partial charge on any atom is 0.227 e. The van der Waals surface area contributed by atoms with Gasteiger partial charge in [-0.05, 0) is 36.8 Å². The molecule has 3 rings (SSSR count). The lowest BCUT2D eigenvalue weighted by atomic mass is 10.0. The SMILES string of the molecule is CC1CC1C(=O)Nc1cccc2c1NCCC2. The van der Waals surface area contributed by atoms with Crippen molar-refractivity contribution >= 4 is 17.3 Å². The molecule has 2 aliphatic rings. The van der Waals surface area contributed by atoms with E-state index in [2.05, 4.69) is 23.6 Å². The van der Waals surface area contributed by atoms with Crippen molar-refractivity contribution in [3.05, 3.63) is 23.8 Å². The van der Waals surface area contributed by atoms with Crippen LogP contribution in [0, 0.1) is 11.8 Å². The molecule has 1 heterocycles. The first-order chi connectivity index (χ1) is 8.25. The number of fused-ring (bicyclic) bond motifs is 1. The first kappa shape index (κ1) is 10.6. The molecule has 2 atom stereocenters. The molecule has 1 saturated carbocycles. The van der Waals surface area contributed by atoms with Crippen molar-refractivity contribution in [2.45, 2.75) is 26.2 Å². The Labute approximate surface area is 102 Å². The van der Waals surface area contributed by atoms with Gasteiger partial charge in [-0.1, -0.05) is 19.1 Å². The van der Waals surface area contributed by atoms with Gasteiger partial charge in [-0.2, -0.15) is 0 Å². The fourth-order valence-corrected chi connectivity index (χ4v) is 2.53. The highest BCUT2D eigenvalue weighted by Crippen LogP contribution is 2.39. The van der Waals surface area contributed by atoms with Crippen LogP contribution in [0.4, 0.5) is 11.4 Å². The number of nitrogens with one attached hydrogen (secondary N) is 2. The summed E-state index contributed by atoms with van der Waals surface area (Å²) in [5.74, 6) is 0.968. The molecule has 0 saturated heterocycles. The molecule has 0 bridgehead atoms. The summed E-state index contributed by atoms with van der Waals surface area (Å²) in [6, 6.07) is 6.15. The molecule has 2 unspecified atom stereocenters. The minimum absolute atomic E-state index is 0.179. The van der Waals surface area contributed by atoms with Crippen LogP contribution >= 0.6 is 0 Å². The van der Waals surface area contributed by atoms with Crippen LogP contribution < -0.4 is 10.6 Å². The molecule has 3 nitrogen and oxygen atoms in total. The summed E-state index contributed by atoms with van der Waals surface area (Å²) in [4.78, 5) is 11.9.